The largest absolute Gasteiger partial charge is 0.395 e. The van der Waals surface area contributed by atoms with E-state index >= 15 is 0 Å². The monoisotopic (exact) mass is 503 g/mol. The smallest absolute Gasteiger partial charge is 0.243 e. The first-order valence-electron chi connectivity index (χ1n) is 11.6. The molecule has 0 radical (unpaired) electrons. The number of rotatable bonds is 17. The molecule has 0 aliphatic carbocycles. The van der Waals surface area contributed by atoms with Gasteiger partial charge >= 0.3 is 0 Å². The highest BCUT2D eigenvalue weighted by atomic mass is 16.7. The van der Waals surface area contributed by atoms with Gasteiger partial charge in [0.2, 0.25) is 29.5 Å². The van der Waals surface area contributed by atoms with Gasteiger partial charge in [0, 0.05) is 39.0 Å². The van der Waals surface area contributed by atoms with Crippen molar-refractivity contribution < 1.29 is 43.7 Å². The van der Waals surface area contributed by atoms with Crippen molar-refractivity contribution in [3.8, 4) is 0 Å². The molecule has 0 saturated carbocycles. The zero-order valence-electron chi connectivity index (χ0n) is 19.8. The Labute approximate surface area is 203 Å². The van der Waals surface area contributed by atoms with Crippen molar-refractivity contribution in [3.05, 3.63) is 0 Å². The maximum absolute atomic E-state index is 12.3. The Hall–Kier alpha value is -2.81. The van der Waals surface area contributed by atoms with E-state index in [0.29, 0.717) is 13.0 Å². The zero-order chi connectivity index (χ0) is 26.1. The fourth-order valence-corrected chi connectivity index (χ4v) is 3.15. The van der Waals surface area contributed by atoms with E-state index in [1.807, 2.05) is 0 Å². The van der Waals surface area contributed by atoms with E-state index in [-0.39, 0.29) is 64.3 Å². The second kappa shape index (κ2) is 17.6. The minimum atomic E-state index is -1.08. The van der Waals surface area contributed by atoms with Crippen LogP contribution in [0.2, 0.25) is 0 Å². The molecule has 35 heavy (non-hydrogen) atoms. The van der Waals surface area contributed by atoms with Gasteiger partial charge in [-0.2, -0.15) is 0 Å². The van der Waals surface area contributed by atoms with Crippen LogP contribution in [0.25, 0.3) is 0 Å². The summed E-state index contributed by atoms with van der Waals surface area (Å²) in [7, 11) is 0. The van der Waals surface area contributed by atoms with E-state index in [4.69, 9.17) is 20.3 Å². The topological polar surface area (TPSA) is 218 Å². The third-order valence-electron chi connectivity index (χ3n) is 4.94. The number of nitrogens with one attached hydrogen (secondary N) is 4. The van der Waals surface area contributed by atoms with Crippen molar-refractivity contribution in [2.24, 2.45) is 5.73 Å². The van der Waals surface area contributed by atoms with Gasteiger partial charge in [-0.3, -0.25) is 24.0 Å². The summed E-state index contributed by atoms with van der Waals surface area (Å²) in [5, 5.41) is 28.3. The number of amides is 5. The normalized spacial score (nSPS) is 18.2. The molecule has 0 unspecified atom stereocenters. The molecule has 14 nitrogen and oxygen atoms in total. The van der Waals surface area contributed by atoms with Crippen LogP contribution in [0.1, 0.15) is 44.9 Å². The van der Waals surface area contributed by atoms with E-state index < -0.39 is 48.6 Å². The molecule has 1 heterocycles. The second-order valence-electron chi connectivity index (χ2n) is 7.94. The molecule has 14 heteroatoms. The molecule has 1 saturated heterocycles. The fourth-order valence-electron chi connectivity index (χ4n) is 3.15. The van der Waals surface area contributed by atoms with E-state index in [2.05, 4.69) is 21.3 Å². The van der Waals surface area contributed by atoms with Crippen LogP contribution in [0, 0.1) is 0 Å². The minimum absolute atomic E-state index is 0.0342. The van der Waals surface area contributed by atoms with Crippen molar-refractivity contribution in [2.45, 2.75) is 63.4 Å². The summed E-state index contributed by atoms with van der Waals surface area (Å²) in [5.41, 5.74) is 5.01. The Morgan fingerprint density at radius 2 is 1.69 bits per heavy atom. The molecule has 0 aromatic carbocycles. The summed E-state index contributed by atoms with van der Waals surface area (Å²) >= 11 is 0. The number of aliphatic hydroxyl groups excluding tert-OH is 2. The van der Waals surface area contributed by atoms with Crippen LogP contribution in [0.15, 0.2) is 0 Å². The van der Waals surface area contributed by atoms with E-state index in [1.165, 1.54) is 0 Å². The third-order valence-corrected chi connectivity index (χ3v) is 4.94. The lowest BCUT2D eigenvalue weighted by Crippen LogP contribution is -2.49. The molecule has 3 atom stereocenters. The van der Waals surface area contributed by atoms with E-state index in [0.717, 1.165) is 6.42 Å². The predicted molar refractivity (Wildman–Crippen MR) is 121 cm³/mol. The van der Waals surface area contributed by atoms with Crippen LogP contribution in [-0.2, 0) is 33.4 Å². The highest BCUT2D eigenvalue weighted by Gasteiger charge is 2.24. The lowest BCUT2D eigenvalue weighted by molar-refractivity contribution is -0.213. The molecular formula is C21H37N5O9. The second-order valence-corrected chi connectivity index (χ2v) is 7.94. The van der Waals surface area contributed by atoms with Gasteiger partial charge in [-0.25, -0.2) is 0 Å². The Kier molecular flexibility index (Phi) is 15.2. The number of primary amides is 1. The number of aliphatic hydroxyl groups is 2. The minimum Gasteiger partial charge on any atom is -0.395 e. The van der Waals surface area contributed by atoms with Crippen molar-refractivity contribution in [1.29, 1.82) is 0 Å². The van der Waals surface area contributed by atoms with Crippen LogP contribution in [0.5, 0.6) is 0 Å². The summed E-state index contributed by atoms with van der Waals surface area (Å²) in [5.74, 6) is -2.63. The average Bonchev–Trinajstić information content (AvgIpc) is 2.82. The van der Waals surface area contributed by atoms with Gasteiger partial charge in [-0.1, -0.05) is 0 Å². The first-order valence-corrected chi connectivity index (χ1v) is 11.6. The Balaban J connectivity index is 2.32. The van der Waals surface area contributed by atoms with Gasteiger partial charge in [0.25, 0.3) is 0 Å². The Bertz CT molecular complexity index is 707. The molecule has 0 aromatic rings. The van der Waals surface area contributed by atoms with E-state index in [9.17, 15) is 29.1 Å². The van der Waals surface area contributed by atoms with Crippen molar-refractivity contribution in [3.63, 3.8) is 0 Å². The summed E-state index contributed by atoms with van der Waals surface area (Å²) in [6.45, 7) is 0.316. The summed E-state index contributed by atoms with van der Waals surface area (Å²) < 4.78 is 10.7. The van der Waals surface area contributed by atoms with Crippen LogP contribution in [0.4, 0.5) is 0 Å². The molecule has 0 spiro atoms. The molecule has 0 bridgehead atoms. The van der Waals surface area contributed by atoms with Gasteiger partial charge in [-0.05, 0) is 25.7 Å². The quantitative estimate of drug-likeness (QED) is 0.0990. The highest BCUT2D eigenvalue weighted by Crippen LogP contribution is 2.14. The lowest BCUT2D eigenvalue weighted by Gasteiger charge is -2.27. The molecule has 0 aromatic heterocycles. The number of carbonyl (C=O) groups excluding carboxylic acids is 5. The van der Waals surface area contributed by atoms with Gasteiger partial charge in [0.05, 0.1) is 19.8 Å². The maximum atomic E-state index is 12.3. The SMILES string of the molecule is NC(=O)CNC(=O)[C@H](CCC(=O)NCCO)NC(=O)CCCC(=O)NCCO[C@@H]1OCCC[C@@H]1O. The zero-order valence-corrected chi connectivity index (χ0v) is 19.8. The van der Waals surface area contributed by atoms with Crippen molar-refractivity contribution >= 4 is 29.5 Å². The van der Waals surface area contributed by atoms with Crippen LogP contribution in [-0.4, -0.2) is 97.6 Å². The molecular weight excluding hydrogens is 466 g/mol. The number of carbonyl (C=O) groups is 5. The molecule has 1 rings (SSSR count). The van der Waals surface area contributed by atoms with Gasteiger partial charge in [0.15, 0.2) is 6.29 Å². The first kappa shape index (κ1) is 30.2. The molecule has 5 amide bonds. The van der Waals surface area contributed by atoms with Crippen molar-refractivity contribution in [2.75, 3.05) is 39.5 Å². The molecule has 1 fully saturated rings. The number of hydrogen-bond donors (Lipinski definition) is 7. The summed E-state index contributed by atoms with van der Waals surface area (Å²) in [4.78, 5) is 59.1. The Morgan fingerprint density at radius 3 is 2.37 bits per heavy atom. The number of nitrogens with two attached hydrogens (primary N) is 1. The Morgan fingerprint density at radius 1 is 1.00 bits per heavy atom. The summed E-state index contributed by atoms with van der Waals surface area (Å²) in [6.07, 6.45) is 0.104. The molecule has 8 N–H and O–H groups in total. The first-order chi connectivity index (χ1) is 16.7. The van der Waals surface area contributed by atoms with Crippen LogP contribution in [0.3, 0.4) is 0 Å². The van der Waals surface area contributed by atoms with E-state index in [1.54, 1.807) is 0 Å². The predicted octanol–water partition coefficient (Wildman–Crippen LogP) is -3.24. The maximum Gasteiger partial charge on any atom is 0.243 e. The van der Waals surface area contributed by atoms with Crippen molar-refractivity contribution in [1.82, 2.24) is 21.3 Å². The highest BCUT2D eigenvalue weighted by molar-refractivity contribution is 5.90. The molecule has 1 aliphatic rings. The standard InChI is InChI=1S/C21H37N5O9/c22-16(29)13-25-20(33)14(6-7-18(31)23-8-10-27)26-19(32)5-1-4-17(30)24-9-12-35-21-15(28)3-2-11-34-21/h14-15,21,27-28H,1-13H2,(H2,22,29)(H,23,31)(H,24,30)(H,25,33)(H,26,32)/t14-,15-,21-/m0/s1. The van der Waals surface area contributed by atoms with Gasteiger partial charge in [-0.15, -0.1) is 0 Å². The number of hydrogen-bond acceptors (Lipinski definition) is 9. The number of ether oxygens (including phenoxy) is 2. The molecule has 200 valence electrons. The van der Waals surface area contributed by atoms with Gasteiger partial charge < -0.3 is 46.7 Å². The third kappa shape index (κ3) is 14.2. The lowest BCUT2D eigenvalue weighted by atomic mass is 10.1. The average molecular weight is 504 g/mol. The van der Waals surface area contributed by atoms with Gasteiger partial charge in [0.1, 0.15) is 12.1 Å². The van der Waals surface area contributed by atoms with Crippen LogP contribution < -0.4 is 27.0 Å². The van der Waals surface area contributed by atoms with Crippen LogP contribution >= 0.6 is 0 Å². The summed E-state index contributed by atoms with van der Waals surface area (Å²) in [6, 6.07) is -1.08. The molecule has 1 aliphatic heterocycles. The fraction of sp³-hybridized carbons (Fsp3) is 0.762.